The summed E-state index contributed by atoms with van der Waals surface area (Å²) in [6.07, 6.45) is 5.50. The number of hydrogen-bond donors (Lipinski definition) is 0. The third kappa shape index (κ3) is 3.29. The largest absolute Gasteiger partial charge is 0.475 e. The zero-order chi connectivity index (χ0) is 12.5. The van der Waals surface area contributed by atoms with Crippen molar-refractivity contribution in [3.63, 3.8) is 0 Å². The number of fused-ring (bicyclic) bond motifs is 1. The van der Waals surface area contributed by atoms with E-state index in [1.165, 1.54) is 0 Å². The minimum atomic E-state index is -1.07. The Kier molecular flexibility index (Phi) is 3.53. The van der Waals surface area contributed by atoms with E-state index in [9.17, 15) is 0 Å². The normalized spacial score (nSPS) is 12.0. The summed E-state index contributed by atoms with van der Waals surface area (Å²) < 4.78 is 8.40. The van der Waals surface area contributed by atoms with Crippen LogP contribution in [0.2, 0.25) is 25.7 Å². The molecule has 0 atom stereocenters. The van der Waals surface area contributed by atoms with Crippen molar-refractivity contribution >= 4 is 29.7 Å². The molecule has 2 heterocycles. The van der Waals surface area contributed by atoms with Crippen molar-refractivity contribution < 1.29 is 4.74 Å². The fraction of sp³-hybridized carbons (Fsp3) is 0.455. The molecule has 0 aliphatic heterocycles. The van der Waals surface area contributed by atoms with Crippen LogP contribution >= 0.6 is 15.9 Å². The minimum absolute atomic E-state index is 0.600. The molecule has 0 unspecified atom stereocenters. The van der Waals surface area contributed by atoms with E-state index in [2.05, 4.69) is 45.5 Å². The monoisotopic (exact) mass is 313 g/mol. The van der Waals surface area contributed by atoms with Crippen molar-refractivity contribution in [1.82, 2.24) is 14.4 Å². The molecule has 0 spiro atoms. The van der Waals surface area contributed by atoms with Crippen molar-refractivity contribution in [2.24, 2.45) is 0 Å². The topological polar surface area (TPSA) is 39.4 Å². The van der Waals surface area contributed by atoms with E-state index >= 15 is 0 Å². The molecule has 4 nitrogen and oxygen atoms in total. The van der Waals surface area contributed by atoms with Gasteiger partial charge in [0.2, 0.25) is 5.65 Å². The summed E-state index contributed by atoms with van der Waals surface area (Å²) in [4.78, 5) is 8.56. The van der Waals surface area contributed by atoms with Crippen LogP contribution in [0.3, 0.4) is 0 Å². The highest BCUT2D eigenvalue weighted by Gasteiger charge is 2.14. The van der Waals surface area contributed by atoms with Crippen LogP contribution in [-0.2, 0) is 0 Å². The van der Waals surface area contributed by atoms with E-state index in [-0.39, 0.29) is 0 Å². The Labute approximate surface area is 110 Å². The van der Waals surface area contributed by atoms with Crippen molar-refractivity contribution in [3.8, 4) is 5.88 Å². The van der Waals surface area contributed by atoms with E-state index in [0.29, 0.717) is 12.5 Å². The van der Waals surface area contributed by atoms with Crippen LogP contribution in [0, 0.1) is 0 Å². The van der Waals surface area contributed by atoms with Gasteiger partial charge < -0.3 is 4.74 Å². The van der Waals surface area contributed by atoms with Gasteiger partial charge in [-0.15, -0.1) is 0 Å². The first-order valence-corrected chi connectivity index (χ1v) is 10.1. The second-order valence-electron chi connectivity index (χ2n) is 5.19. The first-order valence-electron chi connectivity index (χ1n) is 5.58. The molecule has 0 N–H and O–H groups in total. The molecule has 6 heteroatoms. The Morgan fingerprint density at radius 1 is 1.41 bits per heavy atom. The second-order valence-corrected chi connectivity index (χ2v) is 11.6. The summed E-state index contributed by atoms with van der Waals surface area (Å²) in [7, 11) is -1.07. The molecule has 2 aromatic rings. The molecule has 2 rings (SSSR count). The molecule has 0 fully saturated rings. The lowest BCUT2D eigenvalue weighted by atomic mass is 10.6. The van der Waals surface area contributed by atoms with Gasteiger partial charge in [-0.2, -0.15) is 0 Å². The number of aromatic nitrogens is 3. The van der Waals surface area contributed by atoms with Gasteiger partial charge in [0.25, 0.3) is 5.88 Å². The predicted octanol–water partition coefficient (Wildman–Crippen LogP) is 3.21. The highest BCUT2D eigenvalue weighted by molar-refractivity contribution is 9.10. The average Bonchev–Trinajstić information content (AvgIpc) is 2.63. The van der Waals surface area contributed by atoms with Gasteiger partial charge in [0.05, 0.1) is 6.61 Å². The molecule has 0 amide bonds. The summed E-state index contributed by atoms with van der Waals surface area (Å²) in [6, 6.07) is 1.12. The van der Waals surface area contributed by atoms with Crippen molar-refractivity contribution in [2.75, 3.05) is 6.61 Å². The summed E-state index contributed by atoms with van der Waals surface area (Å²) >= 11 is 3.37. The van der Waals surface area contributed by atoms with Crippen molar-refractivity contribution in [3.05, 3.63) is 23.2 Å². The summed E-state index contributed by atoms with van der Waals surface area (Å²) in [5.74, 6) is 0.600. The molecular formula is C11H16BrN3OSi. The van der Waals surface area contributed by atoms with E-state index in [4.69, 9.17) is 4.74 Å². The van der Waals surface area contributed by atoms with Crippen LogP contribution in [0.5, 0.6) is 5.88 Å². The summed E-state index contributed by atoms with van der Waals surface area (Å²) in [6.45, 7) is 7.70. The molecule has 92 valence electrons. The third-order valence-electron chi connectivity index (χ3n) is 2.40. The van der Waals surface area contributed by atoms with Gasteiger partial charge in [-0.25, -0.2) is 9.97 Å². The Morgan fingerprint density at radius 3 is 2.88 bits per heavy atom. The number of ether oxygens (including phenoxy) is 1. The zero-order valence-corrected chi connectivity index (χ0v) is 12.9. The third-order valence-corrected chi connectivity index (χ3v) is 4.49. The molecule has 0 aliphatic carbocycles. The standard InChI is InChI=1S/C11H16BrN3OSi/c1-17(2,3)7-6-16-11-10-13-4-5-15(10)8-9(12)14-11/h4-5,8H,6-7H2,1-3H3. The molecule has 0 radical (unpaired) electrons. The quantitative estimate of drug-likeness (QED) is 0.814. The van der Waals surface area contributed by atoms with Gasteiger partial charge in [-0.1, -0.05) is 19.6 Å². The predicted molar refractivity (Wildman–Crippen MR) is 74.3 cm³/mol. The van der Waals surface area contributed by atoms with Crippen LogP contribution in [0.25, 0.3) is 5.65 Å². The van der Waals surface area contributed by atoms with E-state index < -0.39 is 8.07 Å². The lowest BCUT2D eigenvalue weighted by Crippen LogP contribution is -2.22. The average molecular weight is 314 g/mol. The van der Waals surface area contributed by atoms with Crippen molar-refractivity contribution in [2.45, 2.75) is 25.7 Å². The van der Waals surface area contributed by atoms with Gasteiger partial charge in [-0.05, 0) is 22.0 Å². The van der Waals surface area contributed by atoms with Gasteiger partial charge in [0.15, 0.2) is 0 Å². The number of imidazole rings is 1. The Bertz CT molecular complexity index is 521. The Morgan fingerprint density at radius 2 is 2.18 bits per heavy atom. The highest BCUT2D eigenvalue weighted by Crippen LogP contribution is 2.20. The highest BCUT2D eigenvalue weighted by atomic mass is 79.9. The smallest absolute Gasteiger partial charge is 0.259 e. The van der Waals surface area contributed by atoms with E-state index in [1.807, 2.05) is 16.8 Å². The van der Waals surface area contributed by atoms with Crippen LogP contribution in [0.1, 0.15) is 0 Å². The maximum atomic E-state index is 5.74. The number of hydrogen-bond acceptors (Lipinski definition) is 3. The Balaban J connectivity index is 2.15. The van der Waals surface area contributed by atoms with Gasteiger partial charge >= 0.3 is 0 Å². The van der Waals surface area contributed by atoms with Crippen LogP contribution in [0.15, 0.2) is 23.2 Å². The fourth-order valence-electron chi connectivity index (χ4n) is 1.42. The second kappa shape index (κ2) is 4.78. The molecule has 0 aromatic carbocycles. The van der Waals surface area contributed by atoms with Crippen LogP contribution < -0.4 is 4.74 Å². The Hall–Kier alpha value is -0.883. The van der Waals surface area contributed by atoms with E-state index in [1.54, 1.807) is 6.20 Å². The maximum absolute atomic E-state index is 5.74. The van der Waals surface area contributed by atoms with E-state index in [0.717, 1.165) is 16.3 Å². The number of rotatable bonds is 4. The van der Waals surface area contributed by atoms with Gasteiger partial charge in [0.1, 0.15) is 4.60 Å². The lowest BCUT2D eigenvalue weighted by Gasteiger charge is -2.15. The summed E-state index contributed by atoms with van der Waals surface area (Å²) in [5, 5.41) is 0. The SMILES string of the molecule is C[Si](C)(C)CCOc1nc(Br)cn2ccnc12. The maximum Gasteiger partial charge on any atom is 0.259 e. The molecule has 0 saturated heterocycles. The summed E-state index contributed by atoms with van der Waals surface area (Å²) in [5.41, 5.74) is 0.767. The zero-order valence-electron chi connectivity index (χ0n) is 10.3. The molecule has 0 bridgehead atoms. The first-order chi connectivity index (χ1) is 7.96. The molecule has 2 aromatic heterocycles. The minimum Gasteiger partial charge on any atom is -0.475 e. The first kappa shape index (κ1) is 12.6. The van der Waals surface area contributed by atoms with Gasteiger partial charge in [0, 0.05) is 26.7 Å². The molecular weight excluding hydrogens is 298 g/mol. The van der Waals surface area contributed by atoms with Crippen LogP contribution in [-0.4, -0.2) is 29.0 Å². The molecule has 0 saturated carbocycles. The van der Waals surface area contributed by atoms with Crippen LogP contribution in [0.4, 0.5) is 0 Å². The molecule has 17 heavy (non-hydrogen) atoms. The molecule has 0 aliphatic rings. The fourth-order valence-corrected chi connectivity index (χ4v) is 2.52. The number of halogens is 1. The lowest BCUT2D eigenvalue weighted by molar-refractivity contribution is 0.326. The van der Waals surface area contributed by atoms with Gasteiger partial charge in [-0.3, -0.25) is 4.40 Å². The number of nitrogens with zero attached hydrogens (tertiary/aromatic N) is 3. The van der Waals surface area contributed by atoms with Crippen molar-refractivity contribution in [1.29, 1.82) is 0 Å².